The molecule has 29 heavy (non-hydrogen) atoms. The minimum Gasteiger partial charge on any atom is -0.496 e. The van der Waals surface area contributed by atoms with Crippen LogP contribution in [0.3, 0.4) is 0 Å². The fourth-order valence-corrected chi connectivity index (χ4v) is 3.12. The number of hydrogen-bond donors (Lipinski definition) is 1. The van der Waals surface area contributed by atoms with E-state index in [0.29, 0.717) is 33.3 Å². The second-order valence-corrected chi connectivity index (χ2v) is 6.86. The molecule has 0 heterocycles. The van der Waals surface area contributed by atoms with Crippen molar-refractivity contribution >= 4 is 40.6 Å². The smallest absolute Gasteiger partial charge is 0.259 e. The van der Waals surface area contributed by atoms with Gasteiger partial charge in [-0.3, -0.25) is 9.59 Å². The van der Waals surface area contributed by atoms with Gasteiger partial charge in [0.2, 0.25) is 5.78 Å². The summed E-state index contributed by atoms with van der Waals surface area (Å²) in [6, 6.07) is 18.3. The third-order valence-corrected chi connectivity index (χ3v) is 4.61. The van der Waals surface area contributed by atoms with Crippen LogP contribution in [-0.2, 0) is 0 Å². The zero-order valence-corrected chi connectivity index (χ0v) is 17.0. The maximum Gasteiger partial charge on any atom is 0.259 e. The molecule has 0 aliphatic rings. The van der Waals surface area contributed by atoms with Crippen LogP contribution in [0.2, 0.25) is 10.0 Å². The Labute approximate surface area is 178 Å². The van der Waals surface area contributed by atoms with Gasteiger partial charge in [0.1, 0.15) is 11.5 Å². The fourth-order valence-electron chi connectivity index (χ4n) is 2.61. The zero-order valence-electron chi connectivity index (χ0n) is 15.4. The molecule has 0 spiro atoms. The third kappa shape index (κ3) is 5.28. The van der Waals surface area contributed by atoms with E-state index in [-0.39, 0.29) is 23.3 Å². The Kier molecular flexibility index (Phi) is 6.75. The molecule has 3 aromatic rings. The summed E-state index contributed by atoms with van der Waals surface area (Å²) in [5.74, 6) is 0.423. The topological polar surface area (TPSA) is 64.6 Å². The molecule has 7 heteroatoms. The number of ether oxygens (including phenoxy) is 2. The molecule has 0 saturated heterocycles. The third-order valence-electron chi connectivity index (χ3n) is 4.07. The minimum atomic E-state index is -0.288. The van der Waals surface area contributed by atoms with E-state index >= 15 is 0 Å². The van der Waals surface area contributed by atoms with E-state index in [1.807, 2.05) is 0 Å². The Morgan fingerprint density at radius 1 is 0.931 bits per heavy atom. The highest BCUT2D eigenvalue weighted by Gasteiger charge is 2.13. The molecule has 0 aromatic heterocycles. The summed E-state index contributed by atoms with van der Waals surface area (Å²) >= 11 is 11.9. The van der Waals surface area contributed by atoms with E-state index in [0.717, 1.165) is 0 Å². The maximum atomic E-state index is 12.4. The Balaban J connectivity index is 1.60. The van der Waals surface area contributed by atoms with Gasteiger partial charge in [0.15, 0.2) is 6.61 Å². The van der Waals surface area contributed by atoms with Crippen LogP contribution >= 0.6 is 23.2 Å². The molecule has 0 bridgehead atoms. The SMILES string of the molecule is COc1ccccc1C(=O)Nc1ccc(OCC(=O)c2ccc(Cl)cc2Cl)cc1. The molecule has 1 amide bonds. The van der Waals surface area contributed by atoms with Gasteiger partial charge >= 0.3 is 0 Å². The van der Waals surface area contributed by atoms with Gasteiger partial charge in [-0.2, -0.15) is 0 Å². The van der Waals surface area contributed by atoms with Crippen molar-refractivity contribution in [1.82, 2.24) is 0 Å². The largest absolute Gasteiger partial charge is 0.496 e. The van der Waals surface area contributed by atoms with Crippen LogP contribution < -0.4 is 14.8 Å². The number of hydrogen-bond acceptors (Lipinski definition) is 4. The molecule has 5 nitrogen and oxygen atoms in total. The number of carbonyl (C=O) groups excluding carboxylic acids is 2. The van der Waals surface area contributed by atoms with Crippen molar-refractivity contribution in [2.75, 3.05) is 19.0 Å². The van der Waals surface area contributed by atoms with Crippen molar-refractivity contribution in [3.05, 3.63) is 87.9 Å². The number of rotatable bonds is 7. The Morgan fingerprint density at radius 2 is 1.66 bits per heavy atom. The Morgan fingerprint density at radius 3 is 2.34 bits per heavy atom. The molecule has 3 rings (SSSR count). The number of amides is 1. The van der Waals surface area contributed by atoms with Crippen molar-refractivity contribution < 1.29 is 19.1 Å². The molecule has 0 saturated carbocycles. The number of anilines is 1. The van der Waals surface area contributed by atoms with Crippen LogP contribution in [0.15, 0.2) is 66.7 Å². The number of methoxy groups -OCH3 is 1. The summed E-state index contributed by atoms with van der Waals surface area (Å²) in [7, 11) is 1.51. The highest BCUT2D eigenvalue weighted by Crippen LogP contribution is 2.23. The fraction of sp³-hybridized carbons (Fsp3) is 0.0909. The minimum absolute atomic E-state index is 0.172. The summed E-state index contributed by atoms with van der Waals surface area (Å²) in [5, 5.41) is 3.53. The summed E-state index contributed by atoms with van der Waals surface area (Å²) < 4.78 is 10.7. The van der Waals surface area contributed by atoms with Crippen molar-refractivity contribution in [1.29, 1.82) is 0 Å². The second kappa shape index (κ2) is 9.45. The van der Waals surface area contributed by atoms with Crippen LogP contribution in [-0.4, -0.2) is 25.4 Å². The monoisotopic (exact) mass is 429 g/mol. The first-order valence-corrected chi connectivity index (χ1v) is 9.39. The predicted octanol–water partition coefficient (Wildman–Crippen LogP) is 5.52. The molecular weight excluding hydrogens is 413 g/mol. The molecule has 0 radical (unpaired) electrons. The van der Waals surface area contributed by atoms with E-state index in [2.05, 4.69) is 5.32 Å². The quantitative estimate of drug-likeness (QED) is 0.502. The lowest BCUT2D eigenvalue weighted by atomic mass is 10.1. The van der Waals surface area contributed by atoms with Gasteiger partial charge in [-0.25, -0.2) is 0 Å². The van der Waals surface area contributed by atoms with Gasteiger partial charge in [0.05, 0.1) is 17.7 Å². The van der Waals surface area contributed by atoms with E-state index in [1.165, 1.54) is 13.2 Å². The first-order valence-electron chi connectivity index (χ1n) is 8.63. The number of para-hydroxylation sites is 1. The van der Waals surface area contributed by atoms with E-state index in [1.54, 1.807) is 60.7 Å². The number of halogens is 2. The average molecular weight is 430 g/mol. The molecule has 0 aliphatic heterocycles. The lowest BCUT2D eigenvalue weighted by molar-refractivity contribution is 0.0921. The van der Waals surface area contributed by atoms with Crippen LogP contribution in [0.1, 0.15) is 20.7 Å². The van der Waals surface area contributed by atoms with Crippen molar-refractivity contribution in [3.8, 4) is 11.5 Å². The van der Waals surface area contributed by atoms with Gasteiger partial charge in [-0.15, -0.1) is 0 Å². The molecule has 148 valence electrons. The first-order chi connectivity index (χ1) is 14.0. The Hall–Kier alpha value is -3.02. The molecule has 0 atom stereocenters. The number of ketones is 1. The van der Waals surface area contributed by atoms with Gasteiger partial charge in [-0.1, -0.05) is 35.3 Å². The second-order valence-electron chi connectivity index (χ2n) is 6.01. The summed E-state index contributed by atoms with van der Waals surface area (Å²) in [5.41, 5.74) is 1.36. The summed E-state index contributed by atoms with van der Waals surface area (Å²) in [6.07, 6.45) is 0. The number of carbonyl (C=O) groups is 2. The van der Waals surface area contributed by atoms with Crippen LogP contribution in [0, 0.1) is 0 Å². The van der Waals surface area contributed by atoms with Crippen LogP contribution in [0.5, 0.6) is 11.5 Å². The van der Waals surface area contributed by atoms with Crippen molar-refractivity contribution in [3.63, 3.8) is 0 Å². The molecule has 3 aromatic carbocycles. The van der Waals surface area contributed by atoms with Crippen LogP contribution in [0.4, 0.5) is 5.69 Å². The van der Waals surface area contributed by atoms with E-state index in [4.69, 9.17) is 32.7 Å². The normalized spacial score (nSPS) is 10.3. The standard InChI is InChI=1S/C22H17Cl2NO4/c1-28-21-5-3-2-4-18(21)22(27)25-15-7-9-16(10-8-15)29-13-20(26)17-11-6-14(23)12-19(17)24/h2-12H,13H2,1H3,(H,25,27). The lowest BCUT2D eigenvalue weighted by Gasteiger charge is -2.10. The van der Waals surface area contributed by atoms with E-state index < -0.39 is 0 Å². The number of Topliss-reactive ketones (excluding diaryl/α,β-unsaturated/α-hetero) is 1. The maximum absolute atomic E-state index is 12.4. The lowest BCUT2D eigenvalue weighted by Crippen LogP contribution is -2.13. The highest BCUT2D eigenvalue weighted by atomic mass is 35.5. The number of benzene rings is 3. The van der Waals surface area contributed by atoms with Gasteiger partial charge in [0, 0.05) is 16.3 Å². The molecule has 0 unspecified atom stereocenters. The van der Waals surface area contributed by atoms with Gasteiger partial charge < -0.3 is 14.8 Å². The molecule has 0 aliphatic carbocycles. The van der Waals surface area contributed by atoms with Gasteiger partial charge in [-0.05, 0) is 54.6 Å². The zero-order chi connectivity index (χ0) is 20.8. The predicted molar refractivity (Wildman–Crippen MR) is 114 cm³/mol. The number of nitrogens with one attached hydrogen (secondary N) is 1. The molecular formula is C22H17Cl2NO4. The highest BCUT2D eigenvalue weighted by molar-refractivity contribution is 6.36. The molecule has 1 N–H and O–H groups in total. The van der Waals surface area contributed by atoms with Crippen LogP contribution in [0.25, 0.3) is 0 Å². The Bertz CT molecular complexity index is 1040. The summed E-state index contributed by atoms with van der Waals surface area (Å²) in [4.78, 5) is 24.7. The molecule has 0 fully saturated rings. The van der Waals surface area contributed by atoms with Crippen molar-refractivity contribution in [2.45, 2.75) is 0 Å². The first kappa shape index (κ1) is 20.7. The van der Waals surface area contributed by atoms with Crippen molar-refractivity contribution in [2.24, 2.45) is 0 Å². The summed E-state index contributed by atoms with van der Waals surface area (Å²) in [6.45, 7) is -0.172. The van der Waals surface area contributed by atoms with E-state index in [9.17, 15) is 9.59 Å². The van der Waals surface area contributed by atoms with Gasteiger partial charge in [0.25, 0.3) is 5.91 Å². The average Bonchev–Trinajstić information content (AvgIpc) is 2.73.